The Kier molecular flexibility index (Phi) is 12.9. The van der Waals surface area contributed by atoms with E-state index < -0.39 is 148 Å². The lowest BCUT2D eigenvalue weighted by Crippen LogP contribution is -2.65. The largest absolute Gasteiger partial charge is 0.427 e. The van der Waals surface area contributed by atoms with E-state index in [0.717, 1.165) is 0 Å². The Morgan fingerprint density at radius 2 is 1.33 bits per heavy atom. The van der Waals surface area contributed by atoms with E-state index in [-0.39, 0.29) is 25.2 Å². The molecule has 51 heavy (non-hydrogen) atoms. The molecule has 4 aliphatic heterocycles. The minimum Gasteiger partial charge on any atom is -0.427 e. The first-order valence-corrected chi connectivity index (χ1v) is 17.9. The molecule has 4 heterocycles. The number of rotatable bonds is 8. The van der Waals surface area contributed by atoms with Crippen molar-refractivity contribution in [3.8, 4) is 0 Å². The topological polar surface area (TPSA) is 311 Å². The van der Waals surface area contributed by atoms with Crippen LogP contribution in [0.15, 0.2) is 0 Å². The summed E-state index contributed by atoms with van der Waals surface area (Å²) in [5.41, 5.74) is 0. The summed E-state index contributed by atoms with van der Waals surface area (Å²) in [5.74, 6) is -0.725. The molecule has 19 nitrogen and oxygen atoms in total. The van der Waals surface area contributed by atoms with E-state index in [2.05, 4.69) is 0 Å². The lowest BCUT2D eigenvalue weighted by molar-refractivity contribution is -0.385. The van der Waals surface area contributed by atoms with Crippen molar-refractivity contribution < 1.29 is 94.4 Å². The molecule has 6 rings (SSSR count). The SMILES string of the molecule is C[C@@H]1O[C@@H](OC[C@H]2O[C@@H](OC3CC4C(O)CC(O)CC4[OH+]C3C3CCC(O)C(O)C3)[C@H](O[C@@H]3OC[C@@H](O)[C@H](O)[C@H]3O)[C@@H](O)[C@@H]2O)[C@H](O)[C@H](O)[C@H]1O. The van der Waals surface area contributed by atoms with Crippen molar-refractivity contribution in [1.82, 2.24) is 0 Å². The Morgan fingerprint density at radius 1 is 0.608 bits per heavy atom. The summed E-state index contributed by atoms with van der Waals surface area (Å²) in [7, 11) is 0. The minimum absolute atomic E-state index is 0.128. The maximum atomic E-state index is 11.4. The van der Waals surface area contributed by atoms with E-state index in [0.29, 0.717) is 19.3 Å². The highest BCUT2D eigenvalue weighted by molar-refractivity contribution is 4.99. The third kappa shape index (κ3) is 8.42. The van der Waals surface area contributed by atoms with Gasteiger partial charge in [-0.1, -0.05) is 0 Å². The van der Waals surface area contributed by atoms with Gasteiger partial charge in [0.05, 0.1) is 49.7 Å². The fraction of sp³-hybridized carbons (Fsp3) is 1.00. The summed E-state index contributed by atoms with van der Waals surface area (Å²) < 4.78 is 40.1. The molecule has 0 spiro atoms. The summed E-state index contributed by atoms with van der Waals surface area (Å²) in [5, 5.41) is 126. The van der Waals surface area contributed by atoms with Gasteiger partial charge in [-0.3, -0.25) is 0 Å². The third-order valence-electron chi connectivity index (χ3n) is 11.5. The molecule has 23 atom stereocenters. The van der Waals surface area contributed by atoms with Crippen molar-refractivity contribution in [1.29, 1.82) is 0 Å². The zero-order valence-corrected chi connectivity index (χ0v) is 28.2. The van der Waals surface area contributed by atoms with Gasteiger partial charge in [0.2, 0.25) is 0 Å². The Labute approximate surface area is 293 Å². The van der Waals surface area contributed by atoms with Crippen molar-refractivity contribution in [3.05, 3.63) is 0 Å². The standard InChI is InChI=1S/C32H54O19/c1-10-21(38)24(41)27(44)30(47-10)46-9-20-23(40)25(42)29(51-31-26(43)22(39)17(37)8-45-31)32(50-20)49-19-7-13-15(35)5-12(33)6-18(13)48-28(19)11-2-3-14(34)16(36)4-11/h10-44H,2-9H2,1H3/p+1/t10-,11?,12?,13?,14?,15?,16?,17+,18?,19?,20+,21-,22-,23+,24+,25-,26+,27+,28?,29+,30+,31-,32+/m0/s1. The van der Waals surface area contributed by atoms with Crippen LogP contribution in [0.2, 0.25) is 0 Å². The zero-order valence-electron chi connectivity index (χ0n) is 28.2. The summed E-state index contributed by atoms with van der Waals surface area (Å²) in [4.78, 5) is 0. The molecule has 0 aromatic carbocycles. The van der Waals surface area contributed by atoms with Crippen molar-refractivity contribution in [2.75, 3.05) is 13.2 Å². The van der Waals surface area contributed by atoms with Gasteiger partial charge in [0.1, 0.15) is 67.1 Å². The average Bonchev–Trinajstić information content (AvgIpc) is 3.09. The lowest BCUT2D eigenvalue weighted by atomic mass is 9.72. The van der Waals surface area contributed by atoms with Crippen LogP contribution in [0.1, 0.15) is 45.4 Å². The number of fused-ring (bicyclic) bond motifs is 1. The number of hydrogen-bond acceptors (Lipinski definition) is 18. The van der Waals surface area contributed by atoms with Crippen LogP contribution in [-0.4, -0.2) is 208 Å². The average molecular weight is 744 g/mol. The second-order valence-electron chi connectivity index (χ2n) is 15.1. The molecule has 4 saturated heterocycles. The predicted octanol–water partition coefficient (Wildman–Crippen LogP) is -6.19. The van der Waals surface area contributed by atoms with Crippen molar-refractivity contribution in [2.24, 2.45) is 11.8 Å². The van der Waals surface area contributed by atoms with E-state index in [1.54, 1.807) is 0 Å². The van der Waals surface area contributed by atoms with Crippen LogP contribution in [0.3, 0.4) is 0 Å². The molecule has 6 aliphatic rings. The van der Waals surface area contributed by atoms with Gasteiger partial charge in [-0.15, -0.1) is 0 Å². The molecule has 0 aromatic heterocycles. The third-order valence-corrected chi connectivity index (χ3v) is 11.5. The molecule has 0 radical (unpaired) electrons. The number of ether oxygens (including phenoxy) is 7. The van der Waals surface area contributed by atoms with E-state index in [4.69, 9.17) is 33.2 Å². The fourth-order valence-electron chi connectivity index (χ4n) is 8.37. The van der Waals surface area contributed by atoms with Crippen LogP contribution in [0, 0.1) is 11.8 Å². The predicted molar refractivity (Wildman–Crippen MR) is 165 cm³/mol. The molecule has 6 fully saturated rings. The minimum atomic E-state index is -1.81. The van der Waals surface area contributed by atoms with Crippen LogP contribution in [0.5, 0.6) is 0 Å². The van der Waals surface area contributed by atoms with Crippen LogP contribution in [0.25, 0.3) is 0 Å². The van der Waals surface area contributed by atoms with Crippen LogP contribution in [0.4, 0.5) is 0 Å². The Morgan fingerprint density at radius 3 is 2.06 bits per heavy atom. The van der Waals surface area contributed by atoms with Gasteiger partial charge in [-0.25, -0.2) is 0 Å². The van der Waals surface area contributed by atoms with E-state index in [9.17, 15) is 61.3 Å². The highest BCUT2D eigenvalue weighted by Gasteiger charge is 2.56. The molecule has 0 aromatic rings. The van der Waals surface area contributed by atoms with Crippen LogP contribution in [-0.2, 0) is 28.4 Å². The van der Waals surface area contributed by atoms with E-state index >= 15 is 0 Å². The number of aliphatic hydroxyl groups is 14. The van der Waals surface area contributed by atoms with Gasteiger partial charge in [-0.2, -0.15) is 0 Å². The first kappa shape index (κ1) is 39.9. The van der Waals surface area contributed by atoms with Gasteiger partial charge in [0, 0.05) is 18.8 Å². The fourth-order valence-corrected chi connectivity index (χ4v) is 8.37. The molecular weight excluding hydrogens is 688 g/mol. The quantitative estimate of drug-likeness (QED) is 0.103. The number of hydrogen-bond donors (Lipinski definition) is 12. The first-order valence-electron chi connectivity index (χ1n) is 17.9. The molecule has 9 unspecified atom stereocenters. The van der Waals surface area contributed by atoms with Crippen LogP contribution >= 0.6 is 0 Å². The monoisotopic (exact) mass is 743 g/mol. The number of aliphatic hydroxyl groups excluding tert-OH is 12. The van der Waals surface area contributed by atoms with Gasteiger partial charge in [0.15, 0.2) is 31.1 Å². The lowest BCUT2D eigenvalue weighted by Gasteiger charge is -2.49. The Balaban J connectivity index is 1.25. The summed E-state index contributed by atoms with van der Waals surface area (Å²) in [6, 6.07) is 0. The summed E-state index contributed by atoms with van der Waals surface area (Å²) >= 11 is 0. The van der Waals surface area contributed by atoms with Gasteiger partial charge >= 0.3 is 0 Å². The molecule has 0 bridgehead atoms. The van der Waals surface area contributed by atoms with E-state index in [1.165, 1.54) is 6.92 Å². The molecule has 296 valence electrons. The molecular formula is C32H55O19+. The maximum Gasteiger partial charge on any atom is 0.187 e. The maximum absolute atomic E-state index is 11.4. The second-order valence-corrected chi connectivity index (χ2v) is 15.1. The zero-order chi connectivity index (χ0) is 36.9. The van der Waals surface area contributed by atoms with Crippen LogP contribution < -0.4 is 0 Å². The Bertz CT molecular complexity index is 1120. The normalized spacial score (nSPS) is 55.6. The summed E-state index contributed by atoms with van der Waals surface area (Å²) in [6.45, 7) is 0.509. The van der Waals surface area contributed by atoms with Gasteiger partial charge < -0.3 is 94.4 Å². The van der Waals surface area contributed by atoms with Crippen molar-refractivity contribution >= 4 is 0 Å². The highest BCUT2D eigenvalue weighted by Crippen LogP contribution is 2.42. The van der Waals surface area contributed by atoms with Gasteiger partial charge in [0.25, 0.3) is 0 Å². The molecule has 2 saturated carbocycles. The summed E-state index contributed by atoms with van der Waals surface area (Å²) in [6.07, 6.45) is -25.5. The van der Waals surface area contributed by atoms with Gasteiger partial charge in [-0.05, 0) is 32.6 Å². The smallest absolute Gasteiger partial charge is 0.187 e. The molecule has 19 heteroatoms. The molecule has 0 amide bonds. The highest BCUT2D eigenvalue weighted by atomic mass is 16.8. The first-order chi connectivity index (χ1) is 24.1. The molecule has 13 N–H and O–H groups in total. The van der Waals surface area contributed by atoms with E-state index in [1.807, 2.05) is 0 Å². The van der Waals surface area contributed by atoms with Crippen molar-refractivity contribution in [2.45, 2.75) is 174 Å². The molecule has 2 aliphatic carbocycles. The Hall–Kier alpha value is -0.760. The second kappa shape index (κ2) is 16.5. The van der Waals surface area contributed by atoms with Crippen molar-refractivity contribution in [3.63, 3.8) is 0 Å².